The molecule has 2 amide bonds. The third kappa shape index (κ3) is 5.08. The zero-order valence-electron chi connectivity index (χ0n) is 10.8. The zero-order valence-corrected chi connectivity index (χ0v) is 12.3. The van der Waals surface area contributed by atoms with E-state index in [1.165, 1.54) is 11.3 Å². The first kappa shape index (κ1) is 15.8. The van der Waals surface area contributed by atoms with Crippen LogP contribution in [0.1, 0.15) is 37.6 Å². The number of carbonyl (C=O) groups is 2. The Morgan fingerprint density at radius 2 is 2.11 bits per heavy atom. The van der Waals surface area contributed by atoms with Crippen LogP contribution in [-0.4, -0.2) is 23.1 Å². The molecule has 0 bridgehead atoms. The first-order valence-corrected chi connectivity index (χ1v) is 7.18. The second-order valence-corrected chi connectivity index (χ2v) is 5.91. The van der Waals surface area contributed by atoms with E-state index in [0.717, 1.165) is 4.88 Å². The van der Waals surface area contributed by atoms with Crippen molar-refractivity contribution in [2.24, 2.45) is 0 Å². The fourth-order valence-electron chi connectivity index (χ4n) is 1.57. The minimum absolute atomic E-state index is 0.214. The van der Waals surface area contributed by atoms with Gasteiger partial charge in [0, 0.05) is 4.88 Å². The number of aliphatic carboxylic acids is 1. The molecule has 0 aliphatic carbocycles. The summed E-state index contributed by atoms with van der Waals surface area (Å²) in [5.41, 5.74) is 0. The van der Waals surface area contributed by atoms with Crippen molar-refractivity contribution in [2.75, 3.05) is 0 Å². The van der Waals surface area contributed by atoms with Crippen LogP contribution in [0.3, 0.4) is 0 Å². The van der Waals surface area contributed by atoms with Gasteiger partial charge in [-0.2, -0.15) is 0 Å². The van der Waals surface area contributed by atoms with E-state index >= 15 is 0 Å². The molecule has 0 spiro atoms. The second-order valence-electron chi connectivity index (χ2n) is 4.16. The molecule has 0 aliphatic rings. The molecule has 2 atom stereocenters. The van der Waals surface area contributed by atoms with Crippen molar-refractivity contribution in [3.8, 4) is 0 Å². The van der Waals surface area contributed by atoms with Gasteiger partial charge in [-0.15, -0.1) is 11.3 Å². The molecular formula is C12H17ClN2O3S. The number of carboxylic acids is 1. The maximum absolute atomic E-state index is 11.7. The molecule has 1 heterocycles. The summed E-state index contributed by atoms with van der Waals surface area (Å²) < 4.78 is 0.651. The van der Waals surface area contributed by atoms with Crippen LogP contribution in [0.15, 0.2) is 12.1 Å². The predicted molar refractivity (Wildman–Crippen MR) is 75.7 cm³/mol. The summed E-state index contributed by atoms with van der Waals surface area (Å²) in [4.78, 5) is 23.6. The van der Waals surface area contributed by atoms with E-state index in [2.05, 4.69) is 10.6 Å². The van der Waals surface area contributed by atoms with Crippen LogP contribution in [0, 0.1) is 0 Å². The monoisotopic (exact) mass is 304 g/mol. The molecule has 0 fully saturated rings. The van der Waals surface area contributed by atoms with Gasteiger partial charge < -0.3 is 15.7 Å². The lowest BCUT2D eigenvalue weighted by atomic mass is 10.2. The Balaban J connectivity index is 2.52. The van der Waals surface area contributed by atoms with E-state index in [1.54, 1.807) is 6.07 Å². The minimum atomic E-state index is -1.02. The number of thiophene rings is 1. The number of halogens is 1. The Labute approximate surface area is 121 Å². The summed E-state index contributed by atoms with van der Waals surface area (Å²) in [6.45, 7) is 3.68. The number of nitrogens with one attached hydrogen (secondary N) is 2. The first-order chi connectivity index (χ1) is 8.93. The van der Waals surface area contributed by atoms with Crippen LogP contribution in [0.2, 0.25) is 4.34 Å². The van der Waals surface area contributed by atoms with Crippen molar-refractivity contribution in [1.29, 1.82) is 0 Å². The molecule has 1 aromatic rings. The summed E-state index contributed by atoms with van der Waals surface area (Å²) in [5, 5.41) is 14.1. The van der Waals surface area contributed by atoms with Crippen LogP contribution < -0.4 is 10.6 Å². The summed E-state index contributed by atoms with van der Waals surface area (Å²) in [5.74, 6) is -1.02. The van der Waals surface area contributed by atoms with Gasteiger partial charge in [-0.1, -0.05) is 24.9 Å². The molecule has 19 heavy (non-hydrogen) atoms. The number of hydrogen-bond acceptors (Lipinski definition) is 3. The molecule has 1 rings (SSSR count). The van der Waals surface area contributed by atoms with Crippen LogP contribution >= 0.6 is 22.9 Å². The SMILES string of the molecule is CCCC(NC(=O)NC(C)c1ccc(Cl)s1)C(=O)O. The van der Waals surface area contributed by atoms with E-state index in [-0.39, 0.29) is 6.04 Å². The molecule has 0 saturated carbocycles. The first-order valence-electron chi connectivity index (χ1n) is 5.99. The average Bonchev–Trinajstić information content (AvgIpc) is 2.75. The summed E-state index contributed by atoms with van der Waals surface area (Å²) in [6.07, 6.45) is 1.09. The molecule has 1 aromatic heterocycles. The number of carbonyl (C=O) groups excluding carboxylic acids is 1. The predicted octanol–water partition coefficient (Wildman–Crippen LogP) is 3.02. The number of amides is 2. The Morgan fingerprint density at radius 1 is 1.42 bits per heavy atom. The Bertz CT molecular complexity index is 450. The molecule has 3 N–H and O–H groups in total. The Hall–Kier alpha value is -1.27. The van der Waals surface area contributed by atoms with Gasteiger partial charge in [0.25, 0.3) is 0 Å². The third-order valence-corrected chi connectivity index (χ3v) is 3.96. The van der Waals surface area contributed by atoms with Crippen molar-refractivity contribution in [2.45, 2.75) is 38.8 Å². The lowest BCUT2D eigenvalue weighted by molar-refractivity contribution is -0.139. The van der Waals surface area contributed by atoms with Crippen molar-refractivity contribution < 1.29 is 14.7 Å². The topological polar surface area (TPSA) is 78.4 Å². The maximum atomic E-state index is 11.7. The Kier molecular flexibility index (Phi) is 6.11. The molecule has 7 heteroatoms. The molecule has 0 aliphatic heterocycles. The molecule has 0 aromatic carbocycles. The van der Waals surface area contributed by atoms with Gasteiger partial charge >= 0.3 is 12.0 Å². The van der Waals surface area contributed by atoms with Crippen LogP contribution in [-0.2, 0) is 4.79 Å². The van der Waals surface area contributed by atoms with E-state index in [0.29, 0.717) is 17.2 Å². The van der Waals surface area contributed by atoms with Gasteiger partial charge in [-0.05, 0) is 25.5 Å². The Morgan fingerprint density at radius 3 is 2.58 bits per heavy atom. The minimum Gasteiger partial charge on any atom is -0.480 e. The second kappa shape index (κ2) is 7.35. The highest BCUT2D eigenvalue weighted by atomic mass is 35.5. The lowest BCUT2D eigenvalue weighted by Gasteiger charge is -2.17. The summed E-state index contributed by atoms with van der Waals surface area (Å²) in [7, 11) is 0. The smallest absolute Gasteiger partial charge is 0.326 e. The standard InChI is InChI=1S/C12H17ClN2O3S/c1-3-4-8(11(16)17)15-12(18)14-7(2)9-5-6-10(13)19-9/h5-8H,3-4H2,1-2H3,(H,16,17)(H2,14,15,18). The number of urea groups is 1. The lowest BCUT2D eigenvalue weighted by Crippen LogP contribution is -2.46. The van der Waals surface area contributed by atoms with Crippen LogP contribution in [0.25, 0.3) is 0 Å². The number of hydrogen-bond donors (Lipinski definition) is 3. The summed E-state index contributed by atoms with van der Waals surface area (Å²) in [6, 6.07) is 2.03. The van der Waals surface area contributed by atoms with E-state index in [1.807, 2.05) is 19.9 Å². The van der Waals surface area contributed by atoms with E-state index < -0.39 is 18.0 Å². The molecular weight excluding hydrogens is 288 g/mol. The number of carboxylic acid groups (broad SMARTS) is 1. The van der Waals surface area contributed by atoms with Gasteiger partial charge in [0.05, 0.1) is 10.4 Å². The van der Waals surface area contributed by atoms with E-state index in [9.17, 15) is 9.59 Å². The highest BCUT2D eigenvalue weighted by Crippen LogP contribution is 2.26. The van der Waals surface area contributed by atoms with Gasteiger partial charge in [0.2, 0.25) is 0 Å². The molecule has 0 saturated heterocycles. The number of rotatable bonds is 6. The van der Waals surface area contributed by atoms with Crippen molar-refractivity contribution in [3.63, 3.8) is 0 Å². The summed E-state index contributed by atoms with van der Waals surface area (Å²) >= 11 is 7.20. The fourth-order valence-corrected chi connectivity index (χ4v) is 2.64. The molecule has 0 radical (unpaired) electrons. The largest absolute Gasteiger partial charge is 0.480 e. The highest BCUT2D eigenvalue weighted by Gasteiger charge is 2.20. The quantitative estimate of drug-likeness (QED) is 0.756. The van der Waals surface area contributed by atoms with Gasteiger partial charge in [-0.25, -0.2) is 9.59 Å². The maximum Gasteiger partial charge on any atom is 0.326 e. The fraction of sp³-hybridized carbons (Fsp3) is 0.500. The average molecular weight is 305 g/mol. The van der Waals surface area contributed by atoms with Gasteiger partial charge in [0.15, 0.2) is 0 Å². The normalized spacial score (nSPS) is 13.6. The zero-order chi connectivity index (χ0) is 14.4. The van der Waals surface area contributed by atoms with Crippen LogP contribution in [0.5, 0.6) is 0 Å². The van der Waals surface area contributed by atoms with Crippen molar-refractivity contribution >= 4 is 34.9 Å². The van der Waals surface area contributed by atoms with Crippen LogP contribution in [0.4, 0.5) is 4.79 Å². The van der Waals surface area contributed by atoms with Gasteiger partial charge in [-0.3, -0.25) is 0 Å². The van der Waals surface area contributed by atoms with Crippen molar-refractivity contribution in [3.05, 3.63) is 21.3 Å². The van der Waals surface area contributed by atoms with E-state index in [4.69, 9.17) is 16.7 Å². The van der Waals surface area contributed by atoms with Crippen molar-refractivity contribution in [1.82, 2.24) is 10.6 Å². The molecule has 106 valence electrons. The molecule has 2 unspecified atom stereocenters. The third-order valence-electron chi connectivity index (χ3n) is 2.55. The highest BCUT2D eigenvalue weighted by molar-refractivity contribution is 7.16. The molecule has 5 nitrogen and oxygen atoms in total. The van der Waals surface area contributed by atoms with Gasteiger partial charge in [0.1, 0.15) is 6.04 Å².